The zero-order valence-electron chi connectivity index (χ0n) is 29.6. The van der Waals surface area contributed by atoms with Gasteiger partial charge in [-0.3, -0.25) is 14.4 Å². The average molecular weight is 718 g/mol. The lowest BCUT2D eigenvalue weighted by Gasteiger charge is -2.36. The zero-order valence-corrected chi connectivity index (χ0v) is 30.4. The predicted octanol–water partition coefficient (Wildman–Crippen LogP) is 7.55. The lowest BCUT2D eigenvalue weighted by molar-refractivity contribution is -0.131. The number of primary amides is 1. The summed E-state index contributed by atoms with van der Waals surface area (Å²) >= 11 is 1.53. The topological polar surface area (TPSA) is 101 Å². The third-order valence-corrected chi connectivity index (χ3v) is 11.0. The molecule has 0 aliphatic carbocycles. The Morgan fingerprint density at radius 1 is 0.566 bits per heavy atom. The van der Waals surface area contributed by atoms with Gasteiger partial charge in [0.05, 0.1) is 10.7 Å². The van der Waals surface area contributed by atoms with Gasteiger partial charge in [-0.05, 0) is 40.3 Å². The van der Waals surface area contributed by atoms with Crippen LogP contribution in [0.3, 0.4) is 0 Å². The molecule has 0 fully saturated rings. The summed E-state index contributed by atoms with van der Waals surface area (Å²) in [6.45, 7) is 1.98. The van der Waals surface area contributed by atoms with Gasteiger partial charge in [-0.1, -0.05) is 181 Å². The molecule has 0 radical (unpaired) electrons. The van der Waals surface area contributed by atoms with Crippen LogP contribution >= 0.6 is 11.8 Å². The van der Waals surface area contributed by atoms with Crippen LogP contribution < -0.4 is 16.4 Å². The van der Waals surface area contributed by atoms with Crippen LogP contribution in [0.2, 0.25) is 0 Å². The van der Waals surface area contributed by atoms with Gasteiger partial charge >= 0.3 is 0 Å². The van der Waals surface area contributed by atoms with E-state index in [2.05, 4.69) is 47.0 Å². The van der Waals surface area contributed by atoms with Gasteiger partial charge < -0.3 is 16.4 Å². The molecule has 53 heavy (non-hydrogen) atoms. The number of rotatable bonds is 15. The molecule has 0 aliphatic rings. The highest BCUT2D eigenvalue weighted by Crippen LogP contribution is 2.48. The van der Waals surface area contributed by atoms with Crippen molar-refractivity contribution in [3.05, 3.63) is 215 Å². The molecule has 4 N–H and O–H groups in total. The number of nitrogens with one attached hydrogen (secondary N) is 2. The van der Waals surface area contributed by atoms with Crippen LogP contribution in [0.25, 0.3) is 0 Å². The van der Waals surface area contributed by atoms with Crippen LogP contribution in [0.15, 0.2) is 176 Å². The van der Waals surface area contributed by atoms with Gasteiger partial charge in [-0.15, -0.1) is 11.8 Å². The lowest BCUT2D eigenvalue weighted by atomic mass is 9.84. The number of hydrogen-bond donors (Lipinski definition) is 3. The summed E-state index contributed by atoms with van der Waals surface area (Å²) in [4.78, 5) is 41.8. The van der Waals surface area contributed by atoms with Crippen LogP contribution in [0.5, 0.6) is 0 Å². The second-order valence-corrected chi connectivity index (χ2v) is 14.3. The van der Waals surface area contributed by atoms with Crippen molar-refractivity contribution in [3.8, 4) is 0 Å². The highest BCUT2D eigenvalue weighted by Gasteiger charge is 2.39. The minimum atomic E-state index is -1.04. The summed E-state index contributed by atoms with van der Waals surface area (Å²) in [5, 5.41) is 6.02. The van der Waals surface area contributed by atoms with Crippen LogP contribution in [0.4, 0.5) is 0 Å². The first kappa shape index (κ1) is 36.9. The normalized spacial score (nSPS) is 12.4. The van der Waals surface area contributed by atoms with Crippen molar-refractivity contribution in [1.29, 1.82) is 0 Å². The van der Waals surface area contributed by atoms with Crippen molar-refractivity contribution in [2.45, 2.75) is 36.1 Å². The molecule has 0 aliphatic heterocycles. The lowest BCUT2D eigenvalue weighted by Crippen LogP contribution is -2.55. The molecule has 6 aromatic rings. The van der Waals surface area contributed by atoms with Crippen LogP contribution in [0.1, 0.15) is 44.9 Å². The van der Waals surface area contributed by atoms with Crippen LogP contribution in [-0.2, 0) is 25.6 Å². The first-order valence-electron chi connectivity index (χ1n) is 17.7. The SMILES string of the molecule is Cc1cccc(C[C@H](NC(=O)C(c2ccccc2)c2ccccc2)C(=O)N[C@@H](CSC(c2ccccc2)(c2ccccc2)c2ccccc2)C(N)=O)c1. The van der Waals surface area contributed by atoms with Gasteiger partial charge in [0.1, 0.15) is 12.1 Å². The highest BCUT2D eigenvalue weighted by molar-refractivity contribution is 8.00. The molecule has 0 aromatic heterocycles. The van der Waals surface area contributed by atoms with Crippen LogP contribution in [0, 0.1) is 6.92 Å². The van der Waals surface area contributed by atoms with E-state index in [1.54, 1.807) is 0 Å². The summed E-state index contributed by atoms with van der Waals surface area (Å²) in [5.74, 6) is -1.97. The molecular formula is C46H43N3O3S. The Morgan fingerprint density at radius 2 is 1.00 bits per heavy atom. The molecule has 0 heterocycles. The number of carbonyl (C=O) groups is 3. The summed E-state index contributed by atoms with van der Waals surface area (Å²) in [5.41, 5.74) is 12.6. The van der Waals surface area contributed by atoms with Crippen LogP contribution in [-0.4, -0.2) is 35.6 Å². The Balaban J connectivity index is 1.32. The van der Waals surface area contributed by atoms with Crippen molar-refractivity contribution in [2.75, 3.05) is 5.75 Å². The number of amides is 3. The second kappa shape index (κ2) is 17.5. The van der Waals surface area contributed by atoms with E-state index in [1.807, 2.05) is 146 Å². The summed E-state index contributed by atoms with van der Waals surface area (Å²) in [6.07, 6.45) is 0.218. The predicted molar refractivity (Wildman–Crippen MR) is 214 cm³/mol. The van der Waals surface area contributed by atoms with Gasteiger partial charge in [0.2, 0.25) is 17.7 Å². The second-order valence-electron chi connectivity index (χ2n) is 13.1. The van der Waals surface area contributed by atoms with Crippen molar-refractivity contribution in [2.24, 2.45) is 5.73 Å². The summed E-state index contributed by atoms with van der Waals surface area (Å²) in [7, 11) is 0. The molecule has 6 nitrogen and oxygen atoms in total. The Kier molecular flexibility index (Phi) is 12.2. The smallest absolute Gasteiger partial charge is 0.243 e. The zero-order chi connectivity index (χ0) is 37.0. The molecule has 0 bridgehead atoms. The Hall–Kier alpha value is -5.92. The van der Waals surface area contributed by atoms with Gasteiger partial charge in [0.15, 0.2) is 0 Å². The fourth-order valence-electron chi connectivity index (χ4n) is 6.77. The number of nitrogens with two attached hydrogens (primary N) is 1. The molecule has 0 spiro atoms. The minimum Gasteiger partial charge on any atom is -0.368 e. The van der Waals surface area contributed by atoms with E-state index in [0.717, 1.165) is 38.9 Å². The molecule has 2 atom stereocenters. The first-order valence-corrected chi connectivity index (χ1v) is 18.7. The van der Waals surface area contributed by atoms with E-state index >= 15 is 0 Å². The Morgan fingerprint density at radius 3 is 1.43 bits per heavy atom. The van der Waals surface area contributed by atoms with E-state index in [-0.39, 0.29) is 18.1 Å². The monoisotopic (exact) mass is 717 g/mol. The van der Waals surface area contributed by atoms with Crippen molar-refractivity contribution >= 4 is 29.5 Å². The molecule has 3 amide bonds. The Labute approximate surface area is 315 Å². The number of hydrogen-bond acceptors (Lipinski definition) is 4. The van der Waals surface area contributed by atoms with E-state index < -0.39 is 34.6 Å². The van der Waals surface area contributed by atoms with Gasteiger partial charge in [0.25, 0.3) is 0 Å². The maximum atomic E-state index is 14.4. The fraction of sp³-hybridized carbons (Fsp3) is 0.152. The Bertz CT molecular complexity index is 1960. The molecule has 6 aromatic carbocycles. The number of benzene rings is 6. The summed E-state index contributed by atoms with van der Waals surface area (Å²) < 4.78 is -0.726. The van der Waals surface area contributed by atoms with E-state index in [1.165, 1.54) is 11.8 Å². The third kappa shape index (κ3) is 8.94. The molecular weight excluding hydrogens is 675 g/mol. The molecule has 0 saturated heterocycles. The average Bonchev–Trinajstić information content (AvgIpc) is 3.19. The standard InChI is InChI=1S/C46H43N3O3S/c1-33-18-17-19-34(30-33)31-40(48-45(52)42(35-20-7-2-8-21-35)36-22-9-3-10-23-36)44(51)49-41(43(47)50)32-53-46(37-24-11-4-12-25-37,38-26-13-5-14-27-38)39-28-15-6-16-29-39/h2-30,40-42H,31-32H2,1H3,(H2,47,50)(H,48,52)(H,49,51)/t40-,41-/m0/s1. The largest absolute Gasteiger partial charge is 0.368 e. The minimum absolute atomic E-state index is 0.168. The summed E-state index contributed by atoms with van der Waals surface area (Å²) in [6, 6.07) is 55.2. The van der Waals surface area contributed by atoms with Crippen molar-refractivity contribution in [1.82, 2.24) is 10.6 Å². The van der Waals surface area contributed by atoms with Crippen molar-refractivity contribution in [3.63, 3.8) is 0 Å². The molecule has 266 valence electrons. The first-order chi connectivity index (χ1) is 25.8. The van der Waals surface area contributed by atoms with Crippen molar-refractivity contribution < 1.29 is 14.4 Å². The quantitative estimate of drug-likeness (QED) is 0.0956. The van der Waals surface area contributed by atoms with Gasteiger partial charge in [0, 0.05) is 12.2 Å². The maximum Gasteiger partial charge on any atom is 0.243 e. The number of aryl methyl sites for hydroxylation is 1. The maximum absolute atomic E-state index is 14.4. The molecule has 7 heteroatoms. The van der Waals surface area contributed by atoms with E-state index in [9.17, 15) is 14.4 Å². The molecule has 6 rings (SSSR count). The fourth-order valence-corrected chi connectivity index (χ4v) is 8.34. The highest BCUT2D eigenvalue weighted by atomic mass is 32.2. The van der Waals surface area contributed by atoms with E-state index in [4.69, 9.17) is 5.73 Å². The number of carbonyl (C=O) groups excluding carboxylic acids is 3. The molecule has 0 unspecified atom stereocenters. The van der Waals surface area contributed by atoms with Gasteiger partial charge in [-0.25, -0.2) is 0 Å². The van der Waals surface area contributed by atoms with E-state index in [0.29, 0.717) is 0 Å². The van der Waals surface area contributed by atoms with Gasteiger partial charge in [-0.2, -0.15) is 0 Å². The molecule has 0 saturated carbocycles. The third-order valence-electron chi connectivity index (χ3n) is 9.35. The number of thioether (sulfide) groups is 1.